The van der Waals surface area contributed by atoms with Gasteiger partial charge in [0, 0.05) is 19.2 Å². The lowest BCUT2D eigenvalue weighted by Crippen LogP contribution is -2.50. The third kappa shape index (κ3) is 3.72. The summed E-state index contributed by atoms with van der Waals surface area (Å²) in [6.07, 6.45) is 5.67. The zero-order chi connectivity index (χ0) is 12.0. The minimum atomic E-state index is 0.329. The molecule has 0 radical (unpaired) electrons. The molecule has 0 saturated carbocycles. The monoisotopic (exact) mass is 228 g/mol. The van der Waals surface area contributed by atoms with E-state index in [1.807, 2.05) is 14.2 Å². The van der Waals surface area contributed by atoms with Crippen LogP contribution in [0.1, 0.15) is 39.5 Å². The van der Waals surface area contributed by atoms with E-state index in [4.69, 9.17) is 4.74 Å². The van der Waals surface area contributed by atoms with Crippen LogP contribution in [0.4, 0.5) is 0 Å². The third-order valence-electron chi connectivity index (χ3n) is 3.97. The maximum absolute atomic E-state index is 5.46. The van der Waals surface area contributed by atoms with Crippen LogP contribution in [0.5, 0.6) is 0 Å². The second kappa shape index (κ2) is 7.25. The fourth-order valence-corrected chi connectivity index (χ4v) is 2.65. The molecule has 0 amide bonds. The SMILES string of the molecule is CNCCC1CCCCN1C(C)C(C)OC. The van der Waals surface area contributed by atoms with Crippen LogP contribution in [0.2, 0.25) is 0 Å². The lowest BCUT2D eigenvalue weighted by Gasteiger charge is -2.41. The van der Waals surface area contributed by atoms with Gasteiger partial charge in [-0.25, -0.2) is 0 Å². The molecule has 1 N–H and O–H groups in total. The Labute approximate surface area is 101 Å². The molecule has 0 aromatic carbocycles. The van der Waals surface area contributed by atoms with E-state index in [1.54, 1.807) is 0 Å². The molecular formula is C13H28N2O. The number of hydrogen-bond donors (Lipinski definition) is 1. The first-order valence-electron chi connectivity index (χ1n) is 6.63. The summed E-state index contributed by atoms with van der Waals surface area (Å²) >= 11 is 0. The number of ether oxygens (including phenoxy) is 1. The first-order valence-corrected chi connectivity index (χ1v) is 6.63. The van der Waals surface area contributed by atoms with Crippen LogP contribution in [-0.4, -0.2) is 50.3 Å². The second-order valence-electron chi connectivity index (χ2n) is 4.96. The van der Waals surface area contributed by atoms with Gasteiger partial charge in [-0.2, -0.15) is 0 Å². The van der Waals surface area contributed by atoms with Crippen molar-refractivity contribution in [3.63, 3.8) is 0 Å². The quantitative estimate of drug-likeness (QED) is 0.751. The van der Waals surface area contributed by atoms with Gasteiger partial charge in [0.2, 0.25) is 0 Å². The number of piperidine rings is 1. The average molecular weight is 228 g/mol. The smallest absolute Gasteiger partial charge is 0.0695 e. The maximum atomic E-state index is 5.46. The third-order valence-corrected chi connectivity index (χ3v) is 3.97. The minimum absolute atomic E-state index is 0.329. The van der Waals surface area contributed by atoms with Gasteiger partial charge >= 0.3 is 0 Å². The molecule has 0 aromatic rings. The molecule has 1 fully saturated rings. The molecule has 3 nitrogen and oxygen atoms in total. The summed E-state index contributed by atoms with van der Waals surface area (Å²) in [6.45, 7) is 6.83. The van der Waals surface area contributed by atoms with Crippen molar-refractivity contribution in [2.45, 2.75) is 57.7 Å². The van der Waals surface area contributed by atoms with Crippen LogP contribution < -0.4 is 5.32 Å². The van der Waals surface area contributed by atoms with E-state index in [9.17, 15) is 0 Å². The van der Waals surface area contributed by atoms with Crippen LogP contribution >= 0.6 is 0 Å². The van der Waals surface area contributed by atoms with Gasteiger partial charge in [0.15, 0.2) is 0 Å². The molecule has 1 heterocycles. The van der Waals surface area contributed by atoms with Crippen molar-refractivity contribution >= 4 is 0 Å². The second-order valence-corrected chi connectivity index (χ2v) is 4.96. The molecule has 3 heteroatoms. The Hall–Kier alpha value is -0.120. The fourth-order valence-electron chi connectivity index (χ4n) is 2.65. The van der Waals surface area contributed by atoms with E-state index in [0.717, 1.165) is 12.6 Å². The molecule has 96 valence electrons. The number of nitrogens with zero attached hydrogens (tertiary/aromatic N) is 1. The van der Waals surface area contributed by atoms with Gasteiger partial charge in [0.1, 0.15) is 0 Å². The van der Waals surface area contributed by atoms with Gasteiger partial charge < -0.3 is 10.1 Å². The first-order chi connectivity index (χ1) is 7.70. The molecule has 3 unspecified atom stereocenters. The highest BCUT2D eigenvalue weighted by Gasteiger charge is 2.28. The minimum Gasteiger partial charge on any atom is -0.380 e. The Balaban J connectivity index is 2.51. The molecule has 16 heavy (non-hydrogen) atoms. The Morgan fingerprint density at radius 1 is 1.38 bits per heavy atom. The van der Waals surface area contributed by atoms with Crippen molar-refractivity contribution in [2.75, 3.05) is 27.2 Å². The number of methoxy groups -OCH3 is 1. The van der Waals surface area contributed by atoms with Crippen molar-refractivity contribution in [1.29, 1.82) is 0 Å². The average Bonchev–Trinajstić information content (AvgIpc) is 2.34. The molecule has 0 spiro atoms. The molecule has 0 aromatic heterocycles. The van der Waals surface area contributed by atoms with E-state index in [0.29, 0.717) is 12.1 Å². The van der Waals surface area contributed by atoms with Gasteiger partial charge in [-0.15, -0.1) is 0 Å². The highest BCUT2D eigenvalue weighted by Crippen LogP contribution is 2.23. The largest absolute Gasteiger partial charge is 0.380 e. The number of likely N-dealkylation sites (tertiary alicyclic amines) is 1. The zero-order valence-electron chi connectivity index (χ0n) is 11.3. The predicted octanol–water partition coefficient (Wildman–Crippen LogP) is 1.87. The predicted molar refractivity (Wildman–Crippen MR) is 68.8 cm³/mol. The molecule has 1 rings (SSSR count). The van der Waals surface area contributed by atoms with E-state index in [2.05, 4.69) is 24.1 Å². The van der Waals surface area contributed by atoms with E-state index >= 15 is 0 Å². The Morgan fingerprint density at radius 2 is 2.12 bits per heavy atom. The molecule has 1 aliphatic heterocycles. The topological polar surface area (TPSA) is 24.5 Å². The van der Waals surface area contributed by atoms with Crippen LogP contribution in [0.15, 0.2) is 0 Å². The van der Waals surface area contributed by atoms with Gasteiger partial charge in [-0.3, -0.25) is 4.90 Å². The highest BCUT2D eigenvalue weighted by molar-refractivity contribution is 4.83. The zero-order valence-corrected chi connectivity index (χ0v) is 11.3. The van der Waals surface area contributed by atoms with Gasteiger partial charge in [0.05, 0.1) is 6.10 Å². The Morgan fingerprint density at radius 3 is 2.75 bits per heavy atom. The van der Waals surface area contributed by atoms with Gasteiger partial charge in [-0.05, 0) is 53.2 Å². The van der Waals surface area contributed by atoms with Crippen LogP contribution in [0.25, 0.3) is 0 Å². The van der Waals surface area contributed by atoms with Gasteiger partial charge in [-0.1, -0.05) is 6.42 Å². The summed E-state index contributed by atoms with van der Waals surface area (Å²) in [6, 6.07) is 1.28. The van der Waals surface area contributed by atoms with Crippen molar-refractivity contribution in [1.82, 2.24) is 10.2 Å². The summed E-state index contributed by atoms with van der Waals surface area (Å²) in [5, 5.41) is 3.26. The van der Waals surface area contributed by atoms with E-state index in [1.165, 1.54) is 32.2 Å². The molecular weight excluding hydrogens is 200 g/mol. The summed E-state index contributed by atoms with van der Waals surface area (Å²) in [5.41, 5.74) is 0. The Bertz CT molecular complexity index is 187. The Kier molecular flexibility index (Phi) is 6.32. The van der Waals surface area contributed by atoms with E-state index in [-0.39, 0.29) is 0 Å². The lowest BCUT2D eigenvalue weighted by atomic mass is 9.96. The van der Waals surface area contributed by atoms with Crippen molar-refractivity contribution < 1.29 is 4.74 Å². The molecule has 1 saturated heterocycles. The normalized spacial score (nSPS) is 26.6. The highest BCUT2D eigenvalue weighted by atomic mass is 16.5. The van der Waals surface area contributed by atoms with Crippen LogP contribution in [0, 0.1) is 0 Å². The van der Waals surface area contributed by atoms with Crippen LogP contribution in [-0.2, 0) is 4.74 Å². The molecule has 3 atom stereocenters. The fraction of sp³-hybridized carbons (Fsp3) is 1.00. The van der Waals surface area contributed by atoms with Gasteiger partial charge in [0.25, 0.3) is 0 Å². The summed E-state index contributed by atoms with van der Waals surface area (Å²) in [7, 11) is 3.85. The molecule has 0 aliphatic carbocycles. The molecule has 1 aliphatic rings. The summed E-state index contributed by atoms with van der Waals surface area (Å²) in [4.78, 5) is 2.65. The van der Waals surface area contributed by atoms with Crippen molar-refractivity contribution in [3.05, 3.63) is 0 Å². The summed E-state index contributed by atoms with van der Waals surface area (Å²) < 4.78 is 5.46. The van der Waals surface area contributed by atoms with Crippen molar-refractivity contribution in [3.8, 4) is 0 Å². The number of hydrogen-bond acceptors (Lipinski definition) is 3. The molecule has 0 bridgehead atoms. The first kappa shape index (κ1) is 13.9. The van der Waals surface area contributed by atoms with E-state index < -0.39 is 0 Å². The lowest BCUT2D eigenvalue weighted by molar-refractivity contribution is -0.000839. The maximum Gasteiger partial charge on any atom is 0.0695 e. The number of nitrogens with one attached hydrogen (secondary N) is 1. The van der Waals surface area contributed by atoms with Crippen LogP contribution in [0.3, 0.4) is 0 Å². The standard InChI is InChI=1S/C13H28N2O/c1-11(12(2)16-4)15-10-6-5-7-13(15)8-9-14-3/h11-14H,5-10H2,1-4H3. The summed E-state index contributed by atoms with van der Waals surface area (Å²) in [5.74, 6) is 0. The van der Waals surface area contributed by atoms with Crippen molar-refractivity contribution in [2.24, 2.45) is 0 Å². The number of rotatable bonds is 6.